The van der Waals surface area contributed by atoms with Crippen LogP contribution in [0, 0.1) is 0 Å². The molecule has 0 unspecified atom stereocenters. The second-order valence-electron chi connectivity index (χ2n) is 5.29. The minimum atomic E-state index is 0.0312. The van der Waals surface area contributed by atoms with Crippen LogP contribution in [0.15, 0.2) is 22.7 Å². The summed E-state index contributed by atoms with van der Waals surface area (Å²) in [4.78, 5) is 14.3. The maximum Gasteiger partial charge on any atom is 0.260 e. The van der Waals surface area contributed by atoms with Gasteiger partial charge in [-0.25, -0.2) is 0 Å². The smallest absolute Gasteiger partial charge is 0.260 e. The van der Waals surface area contributed by atoms with Crippen molar-refractivity contribution in [3.8, 4) is 5.75 Å². The van der Waals surface area contributed by atoms with E-state index in [2.05, 4.69) is 29.8 Å². The van der Waals surface area contributed by atoms with Gasteiger partial charge in [0.2, 0.25) is 0 Å². The molecule has 0 radical (unpaired) electrons. The van der Waals surface area contributed by atoms with Crippen molar-refractivity contribution >= 4 is 33.4 Å². The van der Waals surface area contributed by atoms with E-state index in [-0.39, 0.29) is 24.6 Å². The van der Waals surface area contributed by atoms with Crippen molar-refractivity contribution in [1.82, 2.24) is 4.90 Å². The quantitative estimate of drug-likeness (QED) is 0.805. The number of benzene rings is 1. The largest absolute Gasteiger partial charge is 0.482 e. The molecule has 0 aromatic heterocycles. The van der Waals surface area contributed by atoms with E-state index >= 15 is 0 Å². The van der Waals surface area contributed by atoms with Crippen LogP contribution in [-0.2, 0) is 4.79 Å². The van der Waals surface area contributed by atoms with Crippen LogP contribution in [0.5, 0.6) is 5.75 Å². The Bertz CT molecular complexity index is 485. The second-order valence-corrected chi connectivity index (χ2v) is 6.62. The van der Waals surface area contributed by atoms with E-state index in [1.54, 1.807) is 12.1 Å². The van der Waals surface area contributed by atoms with E-state index in [1.807, 2.05) is 11.0 Å². The van der Waals surface area contributed by atoms with Crippen molar-refractivity contribution in [3.05, 3.63) is 27.7 Å². The van der Waals surface area contributed by atoms with Gasteiger partial charge in [-0.15, -0.1) is 0 Å². The van der Waals surface area contributed by atoms with Crippen molar-refractivity contribution in [2.75, 3.05) is 6.61 Å². The molecule has 2 rings (SSSR count). The highest BCUT2D eigenvalue weighted by Crippen LogP contribution is 2.28. The fourth-order valence-electron chi connectivity index (χ4n) is 2.72. The zero-order valence-electron chi connectivity index (χ0n) is 11.7. The molecule has 1 aliphatic heterocycles. The Morgan fingerprint density at radius 3 is 2.65 bits per heavy atom. The fraction of sp³-hybridized carbons (Fsp3) is 0.533. The summed E-state index contributed by atoms with van der Waals surface area (Å²) in [6, 6.07) is 5.94. The molecular weight excluding hydrogens is 342 g/mol. The standard InChI is InChI=1S/C15H19BrClNO2/c1-10-4-3-5-11(2)18(10)15(19)9-20-14-7-6-12(16)8-13(14)17/h6-8,10-11H,3-5,9H2,1-2H3/t10-,11+. The summed E-state index contributed by atoms with van der Waals surface area (Å²) in [5.74, 6) is 0.573. The minimum absolute atomic E-state index is 0.0312. The number of hydrogen-bond donors (Lipinski definition) is 0. The molecule has 2 atom stereocenters. The molecule has 0 aliphatic carbocycles. The lowest BCUT2D eigenvalue weighted by Crippen LogP contribution is -2.49. The first-order valence-electron chi connectivity index (χ1n) is 6.88. The molecular formula is C15H19BrClNO2. The topological polar surface area (TPSA) is 29.5 Å². The van der Waals surface area contributed by atoms with Crippen LogP contribution in [0.25, 0.3) is 0 Å². The number of hydrogen-bond acceptors (Lipinski definition) is 2. The number of likely N-dealkylation sites (tertiary alicyclic amines) is 1. The molecule has 0 spiro atoms. The monoisotopic (exact) mass is 359 g/mol. The SMILES string of the molecule is C[C@@H]1CCC[C@H](C)N1C(=O)COc1ccc(Br)cc1Cl. The van der Waals surface area contributed by atoms with Gasteiger partial charge in [0.15, 0.2) is 6.61 Å². The highest BCUT2D eigenvalue weighted by Gasteiger charge is 2.29. The first-order chi connectivity index (χ1) is 9.49. The highest BCUT2D eigenvalue weighted by molar-refractivity contribution is 9.10. The summed E-state index contributed by atoms with van der Waals surface area (Å²) >= 11 is 9.42. The van der Waals surface area contributed by atoms with Crippen molar-refractivity contribution in [1.29, 1.82) is 0 Å². The molecule has 0 saturated carbocycles. The second kappa shape index (κ2) is 6.81. The molecule has 1 saturated heterocycles. The fourth-order valence-corrected chi connectivity index (χ4v) is 3.45. The third-order valence-electron chi connectivity index (χ3n) is 3.73. The molecule has 1 fully saturated rings. The van der Waals surface area contributed by atoms with Gasteiger partial charge in [0.25, 0.3) is 5.91 Å². The molecule has 1 aliphatic rings. The zero-order chi connectivity index (χ0) is 14.7. The molecule has 0 N–H and O–H groups in total. The Balaban J connectivity index is 1.97. The van der Waals surface area contributed by atoms with Gasteiger partial charge in [-0.05, 0) is 51.3 Å². The third-order valence-corrected chi connectivity index (χ3v) is 4.52. The Morgan fingerprint density at radius 2 is 2.05 bits per heavy atom. The van der Waals surface area contributed by atoms with Crippen LogP contribution in [0.1, 0.15) is 33.1 Å². The number of ether oxygens (including phenoxy) is 1. The van der Waals surface area contributed by atoms with Gasteiger partial charge in [0.1, 0.15) is 5.75 Å². The van der Waals surface area contributed by atoms with Gasteiger partial charge in [-0.1, -0.05) is 27.5 Å². The summed E-state index contributed by atoms with van der Waals surface area (Å²) in [5, 5.41) is 0.506. The first kappa shape index (κ1) is 15.6. The van der Waals surface area contributed by atoms with Gasteiger partial charge < -0.3 is 9.64 Å². The number of amides is 1. The van der Waals surface area contributed by atoms with E-state index in [1.165, 1.54) is 6.42 Å². The van der Waals surface area contributed by atoms with E-state index in [4.69, 9.17) is 16.3 Å². The summed E-state index contributed by atoms with van der Waals surface area (Å²) in [5.41, 5.74) is 0. The first-order valence-corrected chi connectivity index (χ1v) is 8.05. The van der Waals surface area contributed by atoms with Crippen LogP contribution in [0.3, 0.4) is 0 Å². The normalized spacial score (nSPS) is 22.7. The van der Waals surface area contributed by atoms with Crippen molar-refractivity contribution in [3.63, 3.8) is 0 Å². The molecule has 5 heteroatoms. The molecule has 1 heterocycles. The number of piperidine rings is 1. The van der Waals surface area contributed by atoms with E-state index < -0.39 is 0 Å². The third kappa shape index (κ3) is 3.67. The van der Waals surface area contributed by atoms with Gasteiger partial charge in [-0.2, -0.15) is 0 Å². The summed E-state index contributed by atoms with van der Waals surface area (Å²) < 4.78 is 6.45. The van der Waals surface area contributed by atoms with Crippen LogP contribution >= 0.6 is 27.5 Å². The zero-order valence-corrected chi connectivity index (χ0v) is 14.1. The van der Waals surface area contributed by atoms with E-state index in [0.717, 1.165) is 17.3 Å². The van der Waals surface area contributed by atoms with Gasteiger partial charge in [0, 0.05) is 16.6 Å². The number of nitrogens with zero attached hydrogens (tertiary/aromatic N) is 1. The minimum Gasteiger partial charge on any atom is -0.482 e. The molecule has 1 amide bonds. The lowest BCUT2D eigenvalue weighted by atomic mass is 9.97. The van der Waals surface area contributed by atoms with Gasteiger partial charge >= 0.3 is 0 Å². The number of rotatable bonds is 3. The molecule has 110 valence electrons. The van der Waals surface area contributed by atoms with Crippen molar-refractivity contribution in [2.24, 2.45) is 0 Å². The predicted octanol–water partition coefficient (Wildman–Crippen LogP) is 4.27. The maximum absolute atomic E-state index is 12.3. The van der Waals surface area contributed by atoms with Crippen molar-refractivity contribution < 1.29 is 9.53 Å². The lowest BCUT2D eigenvalue weighted by Gasteiger charge is -2.39. The highest BCUT2D eigenvalue weighted by atomic mass is 79.9. The van der Waals surface area contributed by atoms with Gasteiger partial charge in [0.05, 0.1) is 5.02 Å². The van der Waals surface area contributed by atoms with Crippen LogP contribution in [0.4, 0.5) is 0 Å². The summed E-state index contributed by atoms with van der Waals surface area (Å²) in [6.07, 6.45) is 3.32. The average molecular weight is 361 g/mol. The molecule has 20 heavy (non-hydrogen) atoms. The van der Waals surface area contributed by atoms with E-state index in [0.29, 0.717) is 10.8 Å². The van der Waals surface area contributed by atoms with E-state index in [9.17, 15) is 4.79 Å². The predicted molar refractivity (Wildman–Crippen MR) is 84.3 cm³/mol. The Labute approximate surface area is 133 Å². The van der Waals surface area contributed by atoms with Gasteiger partial charge in [-0.3, -0.25) is 4.79 Å². The molecule has 0 bridgehead atoms. The Kier molecular flexibility index (Phi) is 5.33. The average Bonchev–Trinajstić information content (AvgIpc) is 2.37. The maximum atomic E-state index is 12.3. The molecule has 1 aromatic carbocycles. The summed E-state index contributed by atoms with van der Waals surface area (Å²) in [6.45, 7) is 4.23. The number of carbonyl (C=O) groups is 1. The Hall–Kier alpha value is -0.740. The molecule has 1 aromatic rings. The van der Waals surface area contributed by atoms with Crippen molar-refractivity contribution in [2.45, 2.75) is 45.2 Å². The number of carbonyl (C=O) groups excluding carboxylic acids is 1. The molecule has 3 nitrogen and oxygen atoms in total. The lowest BCUT2D eigenvalue weighted by molar-refractivity contribution is -0.139. The number of halogens is 2. The Morgan fingerprint density at radius 1 is 1.40 bits per heavy atom. The van der Waals surface area contributed by atoms with Crippen LogP contribution in [0.2, 0.25) is 5.02 Å². The van der Waals surface area contributed by atoms with Crippen LogP contribution in [-0.4, -0.2) is 29.5 Å². The van der Waals surface area contributed by atoms with Crippen LogP contribution < -0.4 is 4.74 Å². The summed E-state index contributed by atoms with van der Waals surface area (Å²) in [7, 11) is 0.